The Kier molecular flexibility index (Phi) is 4.01. The summed E-state index contributed by atoms with van der Waals surface area (Å²) < 4.78 is 7.44. The van der Waals surface area contributed by atoms with E-state index in [9.17, 15) is 4.79 Å². The molecule has 126 valence electrons. The van der Waals surface area contributed by atoms with Gasteiger partial charge in [-0.15, -0.1) is 0 Å². The normalized spacial score (nSPS) is 22.8. The second kappa shape index (κ2) is 6.33. The van der Waals surface area contributed by atoms with Crippen LogP contribution in [0.3, 0.4) is 0 Å². The molecule has 0 aliphatic carbocycles. The first kappa shape index (κ1) is 15.8. The van der Waals surface area contributed by atoms with Crippen molar-refractivity contribution >= 4 is 17.6 Å². The highest BCUT2D eigenvalue weighted by Crippen LogP contribution is 2.45. The molecule has 4 rings (SSSR count). The Morgan fingerprint density at radius 1 is 1.16 bits per heavy atom. The van der Waals surface area contributed by atoms with E-state index >= 15 is 0 Å². The molecular weight excluding hydrogens is 338 g/mol. The van der Waals surface area contributed by atoms with Crippen LogP contribution in [0.15, 0.2) is 67.3 Å². The lowest BCUT2D eigenvalue weighted by Gasteiger charge is -2.25. The van der Waals surface area contributed by atoms with Crippen LogP contribution in [0.2, 0.25) is 5.02 Å². The number of hydrogen-bond donors (Lipinski definition) is 0. The second-order valence-corrected chi connectivity index (χ2v) is 6.63. The van der Waals surface area contributed by atoms with Gasteiger partial charge < -0.3 is 4.74 Å². The van der Waals surface area contributed by atoms with Crippen LogP contribution in [-0.4, -0.2) is 20.7 Å². The summed E-state index contributed by atoms with van der Waals surface area (Å²) in [5.41, 5.74) is 1.07. The quantitative estimate of drug-likeness (QED) is 0.673. The van der Waals surface area contributed by atoms with Crippen LogP contribution >= 0.6 is 11.6 Å². The lowest BCUT2D eigenvalue weighted by molar-refractivity contribution is -0.146. The molecule has 2 heterocycles. The van der Waals surface area contributed by atoms with Crippen molar-refractivity contribution in [3.8, 4) is 0 Å². The molecule has 1 saturated heterocycles. The third kappa shape index (κ3) is 2.91. The van der Waals surface area contributed by atoms with Gasteiger partial charge in [-0.25, -0.2) is 4.98 Å². The maximum absolute atomic E-state index is 13.0. The standard InChI is InChI=1S/C19H16ClN3O2/c20-16-8-6-14(7-9-16)17-10-19(18(24)25-17,11-23-13-21-12-22-23)15-4-2-1-3-5-15/h1-9,12-13,17H,10-11H2/t17-,19-/m1/s1. The zero-order valence-corrected chi connectivity index (χ0v) is 14.1. The molecule has 25 heavy (non-hydrogen) atoms. The Labute approximate surface area is 150 Å². The molecule has 0 saturated carbocycles. The summed E-state index contributed by atoms with van der Waals surface area (Å²) in [6.07, 6.45) is 3.31. The predicted octanol–water partition coefficient (Wildman–Crippen LogP) is 3.56. The molecule has 0 bridgehead atoms. The molecule has 2 atom stereocenters. The highest BCUT2D eigenvalue weighted by molar-refractivity contribution is 6.30. The second-order valence-electron chi connectivity index (χ2n) is 6.19. The molecule has 0 N–H and O–H groups in total. The Balaban J connectivity index is 1.73. The Morgan fingerprint density at radius 3 is 2.60 bits per heavy atom. The number of nitrogens with zero attached hydrogens (tertiary/aromatic N) is 3. The van der Waals surface area contributed by atoms with Crippen molar-refractivity contribution in [1.29, 1.82) is 0 Å². The first-order valence-electron chi connectivity index (χ1n) is 8.02. The van der Waals surface area contributed by atoms with E-state index in [0.717, 1.165) is 11.1 Å². The van der Waals surface area contributed by atoms with E-state index in [1.807, 2.05) is 54.6 Å². The minimum absolute atomic E-state index is 0.242. The largest absolute Gasteiger partial charge is 0.457 e. The van der Waals surface area contributed by atoms with Gasteiger partial charge in [-0.05, 0) is 23.3 Å². The maximum Gasteiger partial charge on any atom is 0.319 e. The highest BCUT2D eigenvalue weighted by atomic mass is 35.5. The van der Waals surface area contributed by atoms with E-state index in [2.05, 4.69) is 10.1 Å². The van der Waals surface area contributed by atoms with Crippen molar-refractivity contribution in [3.05, 3.63) is 83.4 Å². The van der Waals surface area contributed by atoms with E-state index in [0.29, 0.717) is 18.0 Å². The lowest BCUT2D eigenvalue weighted by Crippen LogP contribution is -2.36. The number of ether oxygens (including phenoxy) is 1. The molecule has 1 aliphatic heterocycles. The predicted molar refractivity (Wildman–Crippen MR) is 93.0 cm³/mol. The fourth-order valence-corrected chi connectivity index (χ4v) is 3.48. The molecule has 5 nitrogen and oxygen atoms in total. The summed E-state index contributed by atoms with van der Waals surface area (Å²) in [7, 11) is 0. The number of benzene rings is 2. The van der Waals surface area contributed by atoms with Crippen molar-refractivity contribution in [3.63, 3.8) is 0 Å². The topological polar surface area (TPSA) is 57.0 Å². The molecule has 2 aromatic carbocycles. The summed E-state index contributed by atoms with van der Waals surface area (Å²) in [5, 5.41) is 4.83. The van der Waals surface area contributed by atoms with E-state index < -0.39 is 5.41 Å². The summed E-state index contributed by atoms with van der Waals surface area (Å²) in [5.74, 6) is -0.242. The third-order valence-corrected chi connectivity index (χ3v) is 4.89. The average Bonchev–Trinajstić information content (AvgIpc) is 3.26. The fourth-order valence-electron chi connectivity index (χ4n) is 3.35. The first-order valence-corrected chi connectivity index (χ1v) is 8.40. The molecular formula is C19H16ClN3O2. The fraction of sp³-hybridized carbons (Fsp3) is 0.211. The monoisotopic (exact) mass is 353 g/mol. The van der Waals surface area contributed by atoms with Crippen LogP contribution in [0.1, 0.15) is 23.7 Å². The van der Waals surface area contributed by atoms with Gasteiger partial charge in [0.2, 0.25) is 0 Å². The Bertz CT molecular complexity index is 865. The van der Waals surface area contributed by atoms with Gasteiger partial charge in [-0.2, -0.15) is 5.10 Å². The van der Waals surface area contributed by atoms with E-state index in [4.69, 9.17) is 16.3 Å². The maximum atomic E-state index is 13.0. The minimum atomic E-state index is -0.792. The van der Waals surface area contributed by atoms with E-state index in [-0.39, 0.29) is 12.1 Å². The lowest BCUT2D eigenvalue weighted by atomic mass is 9.77. The number of halogens is 1. The molecule has 1 aliphatic rings. The first-order chi connectivity index (χ1) is 12.2. The molecule has 0 amide bonds. The van der Waals surface area contributed by atoms with E-state index in [1.54, 1.807) is 11.0 Å². The number of carbonyl (C=O) groups is 1. The average molecular weight is 354 g/mol. The summed E-state index contributed by atoms with van der Waals surface area (Å²) in [6.45, 7) is 0.389. The van der Waals surface area contributed by atoms with E-state index in [1.165, 1.54) is 6.33 Å². The van der Waals surface area contributed by atoms with Crippen molar-refractivity contribution in [2.24, 2.45) is 0 Å². The van der Waals surface area contributed by atoms with Crippen molar-refractivity contribution in [2.75, 3.05) is 0 Å². The molecule has 0 radical (unpaired) electrons. The number of cyclic esters (lactones) is 1. The van der Waals surface area contributed by atoms with Crippen LogP contribution in [0.5, 0.6) is 0 Å². The molecule has 0 unspecified atom stereocenters. The van der Waals surface area contributed by atoms with Gasteiger partial charge in [0.15, 0.2) is 0 Å². The van der Waals surface area contributed by atoms with Gasteiger partial charge in [0.05, 0.1) is 6.54 Å². The smallest absolute Gasteiger partial charge is 0.319 e. The summed E-state index contributed by atoms with van der Waals surface area (Å²) >= 11 is 5.97. The van der Waals surface area contributed by atoms with Crippen LogP contribution in [0.4, 0.5) is 0 Å². The molecule has 6 heteroatoms. The van der Waals surface area contributed by atoms with Crippen LogP contribution in [0.25, 0.3) is 0 Å². The third-order valence-electron chi connectivity index (χ3n) is 4.64. The minimum Gasteiger partial charge on any atom is -0.457 e. The number of hydrogen-bond acceptors (Lipinski definition) is 4. The Morgan fingerprint density at radius 2 is 1.92 bits per heavy atom. The SMILES string of the molecule is O=C1O[C@@H](c2ccc(Cl)cc2)C[C@@]1(Cn1cncn1)c1ccccc1. The molecule has 3 aromatic rings. The number of carbonyl (C=O) groups excluding carboxylic acids is 1. The number of rotatable bonds is 4. The van der Waals surface area contributed by atoms with Crippen molar-refractivity contribution < 1.29 is 9.53 Å². The van der Waals surface area contributed by atoms with Gasteiger partial charge in [0.1, 0.15) is 24.2 Å². The highest BCUT2D eigenvalue weighted by Gasteiger charge is 2.51. The number of aromatic nitrogens is 3. The summed E-state index contributed by atoms with van der Waals surface area (Å²) in [4.78, 5) is 16.9. The van der Waals surface area contributed by atoms with Gasteiger partial charge in [0, 0.05) is 11.4 Å². The zero-order chi connectivity index (χ0) is 17.3. The molecule has 1 fully saturated rings. The molecule has 1 aromatic heterocycles. The van der Waals surface area contributed by atoms with Gasteiger partial charge in [-0.3, -0.25) is 9.48 Å². The van der Waals surface area contributed by atoms with Crippen LogP contribution in [0, 0.1) is 0 Å². The summed E-state index contributed by atoms with van der Waals surface area (Å²) in [6, 6.07) is 17.1. The van der Waals surface area contributed by atoms with Gasteiger partial charge in [0.25, 0.3) is 0 Å². The van der Waals surface area contributed by atoms with Crippen LogP contribution < -0.4 is 0 Å². The zero-order valence-electron chi connectivity index (χ0n) is 13.4. The molecule has 0 spiro atoms. The van der Waals surface area contributed by atoms with Crippen molar-refractivity contribution in [1.82, 2.24) is 14.8 Å². The number of esters is 1. The van der Waals surface area contributed by atoms with Gasteiger partial charge >= 0.3 is 5.97 Å². The Hall–Kier alpha value is -2.66. The van der Waals surface area contributed by atoms with Gasteiger partial charge in [-0.1, -0.05) is 54.1 Å². The van der Waals surface area contributed by atoms with Crippen molar-refractivity contribution in [2.45, 2.75) is 24.5 Å². The van der Waals surface area contributed by atoms with Crippen LogP contribution in [-0.2, 0) is 21.5 Å².